The summed E-state index contributed by atoms with van der Waals surface area (Å²) < 4.78 is 13.5. The number of carboxylic acid groups (broad SMARTS) is 1. The lowest BCUT2D eigenvalue weighted by atomic mass is 10.2. The first-order valence-electron chi connectivity index (χ1n) is 5.91. The standard InChI is InChI=1S/C13H14FN3O3/c1-8(2-5-12(18)19)16-13(20)17-11-4-3-9(7-15)6-10(11)14/h3-4,6,8H,2,5H2,1H3,(H,18,19)(H2,16,17,20). The molecule has 1 unspecified atom stereocenters. The van der Waals surface area contributed by atoms with Crippen LogP contribution in [0.1, 0.15) is 25.3 Å². The van der Waals surface area contributed by atoms with Gasteiger partial charge in [-0.05, 0) is 31.5 Å². The van der Waals surface area contributed by atoms with Crippen molar-refractivity contribution in [1.82, 2.24) is 5.32 Å². The Labute approximate surface area is 115 Å². The molecule has 0 heterocycles. The van der Waals surface area contributed by atoms with E-state index in [-0.39, 0.29) is 30.1 Å². The number of carboxylic acids is 1. The molecule has 2 amide bonds. The van der Waals surface area contributed by atoms with E-state index in [1.54, 1.807) is 13.0 Å². The van der Waals surface area contributed by atoms with Crippen LogP contribution in [0.15, 0.2) is 18.2 Å². The Balaban J connectivity index is 2.54. The fraction of sp³-hybridized carbons (Fsp3) is 0.308. The molecular weight excluding hydrogens is 265 g/mol. The summed E-state index contributed by atoms with van der Waals surface area (Å²) in [5, 5.41) is 21.9. The third-order valence-corrected chi connectivity index (χ3v) is 2.52. The summed E-state index contributed by atoms with van der Waals surface area (Å²) in [5.41, 5.74) is 0.107. The zero-order chi connectivity index (χ0) is 15.1. The summed E-state index contributed by atoms with van der Waals surface area (Å²) in [7, 11) is 0. The zero-order valence-electron chi connectivity index (χ0n) is 10.8. The molecule has 0 bridgehead atoms. The number of halogens is 1. The van der Waals surface area contributed by atoms with E-state index in [1.807, 2.05) is 0 Å². The Bertz CT molecular complexity index is 554. The molecule has 0 aliphatic rings. The van der Waals surface area contributed by atoms with Gasteiger partial charge in [0.25, 0.3) is 0 Å². The van der Waals surface area contributed by atoms with Crippen molar-refractivity contribution in [3.63, 3.8) is 0 Å². The monoisotopic (exact) mass is 279 g/mol. The van der Waals surface area contributed by atoms with Crippen molar-refractivity contribution in [2.24, 2.45) is 0 Å². The summed E-state index contributed by atoms with van der Waals surface area (Å²) in [6, 6.07) is 4.48. The Hall–Kier alpha value is -2.62. The Morgan fingerprint density at radius 2 is 2.20 bits per heavy atom. The second-order valence-corrected chi connectivity index (χ2v) is 4.24. The van der Waals surface area contributed by atoms with Crippen LogP contribution >= 0.6 is 0 Å². The van der Waals surface area contributed by atoms with Gasteiger partial charge in [-0.25, -0.2) is 9.18 Å². The van der Waals surface area contributed by atoms with Gasteiger partial charge in [-0.2, -0.15) is 5.26 Å². The van der Waals surface area contributed by atoms with Crippen LogP contribution in [-0.2, 0) is 4.79 Å². The fourth-order valence-electron chi connectivity index (χ4n) is 1.48. The molecule has 0 aromatic heterocycles. The quantitative estimate of drug-likeness (QED) is 0.767. The van der Waals surface area contributed by atoms with Gasteiger partial charge in [0.1, 0.15) is 5.82 Å². The van der Waals surface area contributed by atoms with Crippen LogP contribution in [-0.4, -0.2) is 23.1 Å². The minimum Gasteiger partial charge on any atom is -0.481 e. The lowest BCUT2D eigenvalue weighted by molar-refractivity contribution is -0.137. The van der Waals surface area contributed by atoms with E-state index < -0.39 is 17.8 Å². The molecule has 0 saturated carbocycles. The Kier molecular flexibility index (Phi) is 5.47. The maximum atomic E-state index is 13.5. The summed E-state index contributed by atoms with van der Waals surface area (Å²) in [6.45, 7) is 1.65. The molecule has 6 nitrogen and oxygen atoms in total. The highest BCUT2D eigenvalue weighted by Gasteiger charge is 2.11. The van der Waals surface area contributed by atoms with E-state index in [4.69, 9.17) is 10.4 Å². The van der Waals surface area contributed by atoms with Gasteiger partial charge in [0.15, 0.2) is 0 Å². The highest BCUT2D eigenvalue weighted by molar-refractivity contribution is 5.89. The third-order valence-electron chi connectivity index (χ3n) is 2.52. The van der Waals surface area contributed by atoms with Gasteiger partial charge in [-0.1, -0.05) is 0 Å². The minimum absolute atomic E-state index is 0.0491. The Morgan fingerprint density at radius 1 is 1.50 bits per heavy atom. The Morgan fingerprint density at radius 3 is 2.75 bits per heavy atom. The van der Waals surface area contributed by atoms with Gasteiger partial charge < -0.3 is 15.7 Å². The zero-order valence-corrected chi connectivity index (χ0v) is 10.8. The first kappa shape index (κ1) is 15.4. The number of rotatable bonds is 5. The van der Waals surface area contributed by atoms with Crippen molar-refractivity contribution in [3.8, 4) is 6.07 Å². The molecule has 106 valence electrons. The second-order valence-electron chi connectivity index (χ2n) is 4.24. The van der Waals surface area contributed by atoms with Gasteiger partial charge >= 0.3 is 12.0 Å². The highest BCUT2D eigenvalue weighted by Crippen LogP contribution is 2.15. The number of nitriles is 1. The number of aliphatic carboxylic acids is 1. The van der Waals surface area contributed by atoms with Gasteiger partial charge in [0.2, 0.25) is 0 Å². The van der Waals surface area contributed by atoms with E-state index in [1.165, 1.54) is 12.1 Å². The summed E-state index contributed by atoms with van der Waals surface area (Å²) in [4.78, 5) is 22.0. The lowest BCUT2D eigenvalue weighted by Crippen LogP contribution is -2.36. The number of benzene rings is 1. The largest absolute Gasteiger partial charge is 0.481 e. The molecule has 3 N–H and O–H groups in total. The first-order valence-corrected chi connectivity index (χ1v) is 5.91. The van der Waals surface area contributed by atoms with E-state index in [0.717, 1.165) is 6.07 Å². The molecule has 20 heavy (non-hydrogen) atoms. The van der Waals surface area contributed by atoms with Crippen molar-refractivity contribution < 1.29 is 19.1 Å². The average Bonchev–Trinajstić information content (AvgIpc) is 2.38. The number of hydrogen-bond acceptors (Lipinski definition) is 3. The molecule has 7 heteroatoms. The van der Waals surface area contributed by atoms with Gasteiger partial charge in [0, 0.05) is 12.5 Å². The van der Waals surface area contributed by atoms with E-state index in [0.29, 0.717) is 0 Å². The summed E-state index contributed by atoms with van der Waals surface area (Å²) in [5.74, 6) is -1.66. The van der Waals surface area contributed by atoms with Crippen molar-refractivity contribution in [3.05, 3.63) is 29.6 Å². The summed E-state index contributed by atoms with van der Waals surface area (Å²) in [6.07, 6.45) is 0.214. The molecule has 0 spiro atoms. The van der Waals surface area contributed by atoms with Crippen LogP contribution in [0, 0.1) is 17.1 Å². The SMILES string of the molecule is CC(CCC(=O)O)NC(=O)Nc1ccc(C#N)cc1F. The minimum atomic E-state index is -0.947. The third kappa shape index (κ3) is 4.94. The van der Waals surface area contributed by atoms with Crippen molar-refractivity contribution in [1.29, 1.82) is 5.26 Å². The molecule has 1 rings (SSSR count). The van der Waals surface area contributed by atoms with Crippen molar-refractivity contribution >= 4 is 17.7 Å². The maximum absolute atomic E-state index is 13.5. The normalized spacial score (nSPS) is 11.2. The highest BCUT2D eigenvalue weighted by atomic mass is 19.1. The molecule has 0 aliphatic carbocycles. The van der Waals surface area contributed by atoms with Crippen LogP contribution in [0.3, 0.4) is 0 Å². The average molecular weight is 279 g/mol. The number of hydrogen-bond donors (Lipinski definition) is 3. The first-order chi connectivity index (χ1) is 9.42. The summed E-state index contributed by atoms with van der Waals surface area (Å²) >= 11 is 0. The number of carbonyl (C=O) groups is 2. The number of anilines is 1. The molecule has 0 radical (unpaired) electrons. The molecule has 0 saturated heterocycles. The topological polar surface area (TPSA) is 102 Å². The van der Waals surface area contributed by atoms with Crippen LogP contribution < -0.4 is 10.6 Å². The second kappa shape index (κ2) is 7.09. The fourth-order valence-corrected chi connectivity index (χ4v) is 1.48. The number of carbonyl (C=O) groups excluding carboxylic acids is 1. The molecule has 1 atom stereocenters. The molecular formula is C13H14FN3O3. The number of nitrogens with one attached hydrogen (secondary N) is 2. The molecule has 0 fully saturated rings. The van der Waals surface area contributed by atoms with Crippen LogP contribution in [0.4, 0.5) is 14.9 Å². The number of urea groups is 1. The van der Waals surface area contributed by atoms with Crippen molar-refractivity contribution in [2.75, 3.05) is 5.32 Å². The predicted molar refractivity (Wildman–Crippen MR) is 69.6 cm³/mol. The van der Waals surface area contributed by atoms with Gasteiger partial charge in [0.05, 0.1) is 17.3 Å². The molecule has 1 aromatic carbocycles. The number of amides is 2. The number of nitrogens with zero attached hydrogens (tertiary/aromatic N) is 1. The van der Waals surface area contributed by atoms with Gasteiger partial charge in [-0.3, -0.25) is 4.79 Å². The van der Waals surface area contributed by atoms with Gasteiger partial charge in [-0.15, -0.1) is 0 Å². The lowest BCUT2D eigenvalue weighted by Gasteiger charge is -2.14. The smallest absolute Gasteiger partial charge is 0.319 e. The van der Waals surface area contributed by atoms with Crippen molar-refractivity contribution in [2.45, 2.75) is 25.8 Å². The van der Waals surface area contributed by atoms with Crippen LogP contribution in [0.5, 0.6) is 0 Å². The molecule has 1 aromatic rings. The van der Waals surface area contributed by atoms with Crippen LogP contribution in [0.2, 0.25) is 0 Å². The van der Waals surface area contributed by atoms with E-state index in [9.17, 15) is 14.0 Å². The maximum Gasteiger partial charge on any atom is 0.319 e. The van der Waals surface area contributed by atoms with Crippen LogP contribution in [0.25, 0.3) is 0 Å². The molecule has 0 aliphatic heterocycles. The predicted octanol–water partition coefficient (Wildman–Crippen LogP) is 2.07. The van der Waals surface area contributed by atoms with E-state index >= 15 is 0 Å². The van der Waals surface area contributed by atoms with E-state index in [2.05, 4.69) is 10.6 Å².